The van der Waals surface area contributed by atoms with Crippen LogP contribution in [0.4, 0.5) is 17.3 Å². The fourth-order valence-electron chi connectivity index (χ4n) is 2.67. The van der Waals surface area contributed by atoms with Crippen molar-refractivity contribution >= 4 is 29.5 Å². The highest BCUT2D eigenvalue weighted by Gasteiger charge is 2.18. The first kappa shape index (κ1) is 19.9. The molecule has 148 valence electrons. The topological polar surface area (TPSA) is 140 Å². The van der Waals surface area contributed by atoms with Crippen LogP contribution in [0, 0.1) is 0 Å². The van der Waals surface area contributed by atoms with Gasteiger partial charge in [-0.15, -0.1) is 0 Å². The highest BCUT2D eigenvalue weighted by atomic mass is 16.1. The SMILES string of the molecule is C[C@H](CC=O)N(N)c1cnc(C(N)=O)c(Nc2ccc(-c3cccnc3)cc2)n1. The lowest BCUT2D eigenvalue weighted by Gasteiger charge is -2.24. The number of hydrogen-bond donors (Lipinski definition) is 3. The van der Waals surface area contributed by atoms with E-state index in [1.807, 2.05) is 36.4 Å². The van der Waals surface area contributed by atoms with Crippen LogP contribution in [0.1, 0.15) is 23.8 Å². The Morgan fingerprint density at radius 2 is 1.97 bits per heavy atom. The Labute approximate surface area is 167 Å². The smallest absolute Gasteiger partial charge is 0.271 e. The molecule has 1 atom stereocenters. The number of carbonyl (C=O) groups is 2. The number of rotatable bonds is 8. The molecule has 2 aromatic heterocycles. The summed E-state index contributed by atoms with van der Waals surface area (Å²) in [6, 6.07) is 11.1. The lowest BCUT2D eigenvalue weighted by Crippen LogP contribution is -2.40. The van der Waals surface area contributed by atoms with Crippen LogP contribution < -0.4 is 21.9 Å². The molecule has 9 nitrogen and oxygen atoms in total. The summed E-state index contributed by atoms with van der Waals surface area (Å²) >= 11 is 0. The van der Waals surface area contributed by atoms with Crippen molar-refractivity contribution in [2.24, 2.45) is 11.6 Å². The summed E-state index contributed by atoms with van der Waals surface area (Å²) < 4.78 is 0. The average molecular weight is 391 g/mol. The molecule has 3 rings (SSSR count). The highest BCUT2D eigenvalue weighted by molar-refractivity contribution is 5.96. The molecule has 29 heavy (non-hydrogen) atoms. The normalized spacial score (nSPS) is 11.5. The van der Waals surface area contributed by atoms with Gasteiger partial charge in [-0.2, -0.15) is 0 Å². The molecule has 0 saturated carbocycles. The number of benzene rings is 1. The number of amides is 1. The second-order valence-corrected chi connectivity index (χ2v) is 6.39. The minimum absolute atomic E-state index is 0.0125. The number of nitrogens with one attached hydrogen (secondary N) is 1. The number of nitrogens with zero attached hydrogens (tertiary/aromatic N) is 4. The third-order valence-corrected chi connectivity index (χ3v) is 4.31. The second-order valence-electron chi connectivity index (χ2n) is 6.39. The first-order valence-corrected chi connectivity index (χ1v) is 8.91. The lowest BCUT2D eigenvalue weighted by molar-refractivity contribution is -0.108. The van der Waals surface area contributed by atoms with E-state index in [-0.39, 0.29) is 24.0 Å². The van der Waals surface area contributed by atoms with Crippen LogP contribution in [0.15, 0.2) is 55.0 Å². The van der Waals surface area contributed by atoms with E-state index >= 15 is 0 Å². The van der Waals surface area contributed by atoms with Gasteiger partial charge in [-0.1, -0.05) is 18.2 Å². The molecule has 0 aliphatic rings. The summed E-state index contributed by atoms with van der Waals surface area (Å²) in [5.41, 5.74) is 8.08. The predicted octanol–water partition coefficient (Wildman–Crippen LogP) is 2.04. The molecule has 0 fully saturated rings. The van der Waals surface area contributed by atoms with Crippen LogP contribution in [0.2, 0.25) is 0 Å². The standard InChI is InChI=1S/C20H21N7O2/c1-13(8-10-28)27(22)17-12-24-18(19(21)29)20(26-17)25-16-6-4-14(5-7-16)15-3-2-9-23-11-15/h2-7,9-13H,8,22H2,1H3,(H2,21,29)(H,25,26)/t13-/m1/s1. The molecule has 0 aliphatic carbocycles. The van der Waals surface area contributed by atoms with Gasteiger partial charge in [-0.25, -0.2) is 15.8 Å². The highest BCUT2D eigenvalue weighted by Crippen LogP contribution is 2.24. The van der Waals surface area contributed by atoms with Gasteiger partial charge < -0.3 is 15.8 Å². The number of hydrazine groups is 1. The van der Waals surface area contributed by atoms with E-state index in [4.69, 9.17) is 11.6 Å². The lowest BCUT2D eigenvalue weighted by atomic mass is 10.1. The maximum atomic E-state index is 11.8. The monoisotopic (exact) mass is 391 g/mol. The Morgan fingerprint density at radius 3 is 2.59 bits per heavy atom. The van der Waals surface area contributed by atoms with Crippen LogP contribution in [-0.2, 0) is 4.79 Å². The van der Waals surface area contributed by atoms with E-state index in [0.717, 1.165) is 17.4 Å². The first-order valence-electron chi connectivity index (χ1n) is 8.91. The average Bonchev–Trinajstić information content (AvgIpc) is 2.74. The number of aldehydes is 1. The van der Waals surface area contributed by atoms with Gasteiger partial charge in [0.2, 0.25) is 0 Å². The summed E-state index contributed by atoms with van der Waals surface area (Å²) in [7, 11) is 0. The van der Waals surface area contributed by atoms with Gasteiger partial charge in [0.05, 0.1) is 12.2 Å². The molecule has 1 aromatic carbocycles. The summed E-state index contributed by atoms with van der Waals surface area (Å²) in [6.45, 7) is 1.78. The third kappa shape index (κ3) is 4.71. The van der Waals surface area contributed by atoms with E-state index in [1.165, 1.54) is 11.2 Å². The van der Waals surface area contributed by atoms with E-state index in [2.05, 4.69) is 20.3 Å². The van der Waals surface area contributed by atoms with E-state index in [9.17, 15) is 9.59 Å². The number of pyridine rings is 1. The van der Waals surface area contributed by atoms with Crippen LogP contribution in [0.3, 0.4) is 0 Å². The number of primary amides is 1. The molecule has 2 heterocycles. The van der Waals surface area contributed by atoms with Gasteiger partial charge in [0.15, 0.2) is 17.3 Å². The van der Waals surface area contributed by atoms with Crippen molar-refractivity contribution in [3.05, 3.63) is 60.7 Å². The van der Waals surface area contributed by atoms with Crippen molar-refractivity contribution in [2.75, 3.05) is 10.3 Å². The first-order chi connectivity index (χ1) is 14.0. The molecule has 3 aromatic rings. The molecule has 9 heteroatoms. The summed E-state index contributed by atoms with van der Waals surface area (Å²) in [4.78, 5) is 35.1. The molecule has 0 unspecified atom stereocenters. The summed E-state index contributed by atoms with van der Waals surface area (Å²) in [5, 5.41) is 4.38. The largest absolute Gasteiger partial charge is 0.364 e. The zero-order valence-electron chi connectivity index (χ0n) is 15.8. The van der Waals surface area contributed by atoms with Crippen molar-refractivity contribution in [3.8, 4) is 11.1 Å². The summed E-state index contributed by atoms with van der Waals surface area (Å²) in [6.07, 6.45) is 5.84. The number of carbonyl (C=O) groups excluding carboxylic acids is 2. The minimum atomic E-state index is -0.719. The molecular formula is C20H21N7O2. The van der Waals surface area contributed by atoms with Gasteiger partial charge in [-0.05, 0) is 36.2 Å². The molecular weight excluding hydrogens is 370 g/mol. The Hall–Kier alpha value is -3.85. The second kappa shape index (κ2) is 8.89. The van der Waals surface area contributed by atoms with Crippen molar-refractivity contribution in [2.45, 2.75) is 19.4 Å². The Balaban J connectivity index is 1.87. The maximum Gasteiger partial charge on any atom is 0.271 e. The fraction of sp³-hybridized carbons (Fsp3) is 0.150. The van der Waals surface area contributed by atoms with Crippen molar-refractivity contribution in [3.63, 3.8) is 0 Å². The molecule has 5 N–H and O–H groups in total. The van der Waals surface area contributed by atoms with Crippen LogP contribution >= 0.6 is 0 Å². The predicted molar refractivity (Wildman–Crippen MR) is 110 cm³/mol. The van der Waals surface area contributed by atoms with Crippen LogP contribution in [0.5, 0.6) is 0 Å². The van der Waals surface area contributed by atoms with Gasteiger partial charge in [0.1, 0.15) is 6.29 Å². The number of anilines is 3. The Kier molecular flexibility index (Phi) is 6.10. The Bertz CT molecular complexity index is 993. The van der Waals surface area contributed by atoms with Gasteiger partial charge in [0.25, 0.3) is 5.91 Å². The van der Waals surface area contributed by atoms with Crippen LogP contribution in [-0.4, -0.2) is 33.2 Å². The summed E-state index contributed by atoms with van der Waals surface area (Å²) in [5.74, 6) is 5.78. The quantitative estimate of drug-likeness (QED) is 0.301. The van der Waals surface area contributed by atoms with E-state index in [0.29, 0.717) is 11.5 Å². The molecule has 0 aliphatic heterocycles. The maximum absolute atomic E-state index is 11.8. The van der Waals surface area contributed by atoms with Gasteiger partial charge >= 0.3 is 0 Å². The molecule has 0 radical (unpaired) electrons. The molecule has 0 saturated heterocycles. The zero-order chi connectivity index (χ0) is 20.8. The third-order valence-electron chi connectivity index (χ3n) is 4.31. The zero-order valence-corrected chi connectivity index (χ0v) is 15.8. The fourth-order valence-corrected chi connectivity index (χ4v) is 2.67. The number of aromatic nitrogens is 3. The van der Waals surface area contributed by atoms with E-state index < -0.39 is 5.91 Å². The molecule has 0 spiro atoms. The van der Waals surface area contributed by atoms with E-state index in [1.54, 1.807) is 19.3 Å². The molecule has 0 bridgehead atoms. The van der Waals surface area contributed by atoms with Crippen molar-refractivity contribution in [1.82, 2.24) is 15.0 Å². The van der Waals surface area contributed by atoms with Crippen molar-refractivity contribution < 1.29 is 9.59 Å². The van der Waals surface area contributed by atoms with Gasteiger partial charge in [0, 0.05) is 24.5 Å². The number of hydrogen-bond acceptors (Lipinski definition) is 8. The molecule has 1 amide bonds. The van der Waals surface area contributed by atoms with Gasteiger partial charge in [-0.3, -0.25) is 14.8 Å². The Morgan fingerprint density at radius 1 is 1.21 bits per heavy atom. The van der Waals surface area contributed by atoms with Crippen molar-refractivity contribution in [1.29, 1.82) is 0 Å². The van der Waals surface area contributed by atoms with Crippen LogP contribution in [0.25, 0.3) is 11.1 Å². The minimum Gasteiger partial charge on any atom is -0.364 e. The number of nitrogens with two attached hydrogens (primary N) is 2.